The van der Waals surface area contributed by atoms with Crippen LogP contribution in [-0.2, 0) is 6.54 Å². The highest BCUT2D eigenvalue weighted by Crippen LogP contribution is 2.24. The Balaban J connectivity index is 2.99. The van der Waals surface area contributed by atoms with Crippen molar-refractivity contribution < 1.29 is 17.6 Å². The van der Waals surface area contributed by atoms with Crippen LogP contribution < -0.4 is 5.56 Å². The molecule has 0 aliphatic rings. The highest BCUT2D eigenvalue weighted by molar-refractivity contribution is 9.10. The molecular formula is C8H6BrF4NO. The fraction of sp³-hybridized carbons (Fsp3) is 0.375. The molecule has 0 N–H and O–H groups in total. The Morgan fingerprint density at radius 1 is 1.40 bits per heavy atom. The normalized spacial score (nSPS) is 12.1. The van der Waals surface area contributed by atoms with E-state index < -0.39 is 24.5 Å². The van der Waals surface area contributed by atoms with Gasteiger partial charge >= 0.3 is 12.3 Å². The van der Waals surface area contributed by atoms with Gasteiger partial charge in [0.05, 0.1) is 6.54 Å². The zero-order chi connectivity index (χ0) is 11.6. The highest BCUT2D eigenvalue weighted by atomic mass is 79.9. The molecule has 0 saturated heterocycles. The van der Waals surface area contributed by atoms with Crippen LogP contribution in [0.5, 0.6) is 0 Å². The van der Waals surface area contributed by atoms with Gasteiger partial charge in [0.1, 0.15) is 0 Å². The lowest BCUT2D eigenvalue weighted by Crippen LogP contribution is -2.36. The van der Waals surface area contributed by atoms with E-state index in [0.717, 1.165) is 12.3 Å². The summed E-state index contributed by atoms with van der Waals surface area (Å²) in [5.41, 5.74) is -0.751. The molecule has 0 aliphatic heterocycles. The molecule has 1 aromatic rings. The molecule has 0 atom stereocenters. The predicted octanol–water partition coefficient (Wildman–Crippen LogP) is 2.51. The molecule has 0 saturated carbocycles. The first-order valence-electron chi connectivity index (χ1n) is 3.85. The second-order valence-electron chi connectivity index (χ2n) is 2.88. The molecule has 1 heterocycles. The van der Waals surface area contributed by atoms with E-state index in [1.54, 1.807) is 0 Å². The summed E-state index contributed by atoms with van der Waals surface area (Å²) in [5.74, 6) is -4.20. The summed E-state index contributed by atoms with van der Waals surface area (Å²) in [7, 11) is 0. The zero-order valence-corrected chi connectivity index (χ0v) is 8.85. The van der Waals surface area contributed by atoms with Crippen LogP contribution in [0.15, 0.2) is 27.6 Å². The minimum Gasteiger partial charge on any atom is -0.308 e. The van der Waals surface area contributed by atoms with Gasteiger partial charge in [-0.3, -0.25) is 4.79 Å². The molecule has 15 heavy (non-hydrogen) atoms. The Morgan fingerprint density at radius 3 is 2.53 bits per heavy atom. The number of hydrogen-bond donors (Lipinski definition) is 0. The summed E-state index contributed by atoms with van der Waals surface area (Å²) in [6, 6.07) is 2.37. The van der Waals surface area contributed by atoms with Gasteiger partial charge in [0, 0.05) is 16.7 Å². The average molecular weight is 288 g/mol. The van der Waals surface area contributed by atoms with E-state index >= 15 is 0 Å². The smallest absolute Gasteiger partial charge is 0.308 e. The minimum atomic E-state index is -4.20. The van der Waals surface area contributed by atoms with Crippen molar-refractivity contribution in [3.05, 3.63) is 33.2 Å². The maximum Gasteiger partial charge on any atom is 0.324 e. The quantitative estimate of drug-likeness (QED) is 0.783. The number of aromatic nitrogens is 1. The number of pyridine rings is 1. The van der Waals surface area contributed by atoms with Gasteiger partial charge in [0.2, 0.25) is 0 Å². The van der Waals surface area contributed by atoms with Crippen molar-refractivity contribution in [2.24, 2.45) is 0 Å². The summed E-state index contributed by atoms with van der Waals surface area (Å²) >= 11 is 2.95. The summed E-state index contributed by atoms with van der Waals surface area (Å²) in [4.78, 5) is 11.0. The molecule has 0 radical (unpaired) electrons. The molecule has 0 amide bonds. The average Bonchev–Trinajstić information content (AvgIpc) is 2.10. The monoisotopic (exact) mass is 287 g/mol. The molecule has 0 aromatic carbocycles. The second kappa shape index (κ2) is 4.34. The Labute approximate surface area is 90.6 Å². The van der Waals surface area contributed by atoms with Crippen molar-refractivity contribution >= 4 is 15.9 Å². The second-order valence-corrected chi connectivity index (χ2v) is 3.79. The van der Waals surface area contributed by atoms with Gasteiger partial charge < -0.3 is 4.57 Å². The molecule has 0 spiro atoms. The number of rotatable bonds is 3. The fourth-order valence-corrected chi connectivity index (χ4v) is 1.30. The van der Waals surface area contributed by atoms with Gasteiger partial charge in [-0.1, -0.05) is 0 Å². The topological polar surface area (TPSA) is 22.0 Å². The largest absolute Gasteiger partial charge is 0.324 e. The van der Waals surface area contributed by atoms with Gasteiger partial charge in [-0.05, 0) is 22.0 Å². The van der Waals surface area contributed by atoms with Crippen LogP contribution in [0.2, 0.25) is 0 Å². The maximum absolute atomic E-state index is 12.6. The molecule has 0 fully saturated rings. The van der Waals surface area contributed by atoms with Gasteiger partial charge in [0.25, 0.3) is 5.56 Å². The van der Waals surface area contributed by atoms with Crippen molar-refractivity contribution in [3.63, 3.8) is 0 Å². The van der Waals surface area contributed by atoms with Crippen LogP contribution in [0.4, 0.5) is 17.6 Å². The molecule has 0 aliphatic carbocycles. The highest BCUT2D eigenvalue weighted by Gasteiger charge is 2.41. The van der Waals surface area contributed by atoms with Crippen molar-refractivity contribution in [2.75, 3.05) is 0 Å². The lowest BCUT2D eigenvalue weighted by Gasteiger charge is -2.16. The summed E-state index contributed by atoms with van der Waals surface area (Å²) < 4.78 is 49.9. The standard InChI is InChI=1S/C8H6BrF4NO/c9-5-1-2-6(15)14(3-5)4-8(12,13)7(10)11/h1-3,7H,4H2. The van der Waals surface area contributed by atoms with Crippen molar-refractivity contribution in [3.8, 4) is 0 Å². The fourth-order valence-electron chi connectivity index (χ4n) is 0.922. The van der Waals surface area contributed by atoms with Crippen LogP contribution in [0.25, 0.3) is 0 Å². The van der Waals surface area contributed by atoms with Gasteiger partial charge in [-0.15, -0.1) is 0 Å². The third-order valence-electron chi connectivity index (χ3n) is 1.65. The Kier molecular flexibility index (Phi) is 3.54. The molecule has 2 nitrogen and oxygen atoms in total. The SMILES string of the molecule is O=c1ccc(Br)cn1CC(F)(F)C(F)F. The third-order valence-corrected chi connectivity index (χ3v) is 2.12. The van der Waals surface area contributed by atoms with Crippen molar-refractivity contribution in [1.82, 2.24) is 4.57 Å². The predicted molar refractivity (Wildman–Crippen MR) is 49.4 cm³/mol. The van der Waals surface area contributed by atoms with E-state index in [9.17, 15) is 22.4 Å². The van der Waals surface area contributed by atoms with Crippen molar-refractivity contribution in [2.45, 2.75) is 18.9 Å². The van der Waals surface area contributed by atoms with Crippen LogP contribution in [-0.4, -0.2) is 16.9 Å². The zero-order valence-electron chi connectivity index (χ0n) is 7.26. The molecule has 1 rings (SSSR count). The molecule has 0 unspecified atom stereocenters. The van der Waals surface area contributed by atoms with E-state index in [4.69, 9.17) is 0 Å². The lowest BCUT2D eigenvalue weighted by molar-refractivity contribution is -0.138. The van der Waals surface area contributed by atoms with Crippen LogP contribution >= 0.6 is 15.9 Å². The first-order valence-corrected chi connectivity index (χ1v) is 4.64. The number of nitrogens with zero attached hydrogens (tertiary/aromatic N) is 1. The number of hydrogen-bond acceptors (Lipinski definition) is 1. The van der Waals surface area contributed by atoms with E-state index in [1.807, 2.05) is 0 Å². The van der Waals surface area contributed by atoms with E-state index in [2.05, 4.69) is 15.9 Å². The molecule has 0 bridgehead atoms. The first kappa shape index (κ1) is 12.2. The lowest BCUT2D eigenvalue weighted by atomic mass is 10.3. The van der Waals surface area contributed by atoms with Crippen molar-refractivity contribution in [1.29, 1.82) is 0 Å². The number of alkyl halides is 4. The van der Waals surface area contributed by atoms with Gasteiger partial charge in [-0.25, -0.2) is 8.78 Å². The summed E-state index contributed by atoms with van der Waals surface area (Å²) in [6.07, 6.45) is -2.75. The molecule has 84 valence electrons. The molecule has 7 heteroatoms. The number of halogens is 5. The third kappa shape index (κ3) is 3.05. The van der Waals surface area contributed by atoms with Crippen LogP contribution in [0, 0.1) is 0 Å². The Hall–Kier alpha value is -0.850. The minimum absolute atomic E-state index is 0.368. The Morgan fingerprint density at radius 2 is 2.00 bits per heavy atom. The Bertz CT molecular complexity index is 404. The summed E-state index contributed by atoms with van der Waals surface area (Å²) in [6.45, 7) is -1.33. The molecule has 1 aromatic heterocycles. The van der Waals surface area contributed by atoms with E-state index in [0.29, 0.717) is 9.04 Å². The summed E-state index contributed by atoms with van der Waals surface area (Å²) in [5, 5.41) is 0. The van der Waals surface area contributed by atoms with E-state index in [-0.39, 0.29) is 0 Å². The van der Waals surface area contributed by atoms with Gasteiger partial charge in [0.15, 0.2) is 0 Å². The maximum atomic E-state index is 12.6. The molecular weight excluding hydrogens is 282 g/mol. The van der Waals surface area contributed by atoms with Gasteiger partial charge in [-0.2, -0.15) is 8.78 Å². The van der Waals surface area contributed by atoms with Crippen LogP contribution in [0.1, 0.15) is 0 Å². The van der Waals surface area contributed by atoms with E-state index in [1.165, 1.54) is 6.07 Å². The van der Waals surface area contributed by atoms with Crippen LogP contribution in [0.3, 0.4) is 0 Å². The first-order chi connectivity index (χ1) is 6.83.